The van der Waals surface area contributed by atoms with Crippen molar-refractivity contribution in [3.63, 3.8) is 0 Å². The van der Waals surface area contributed by atoms with Crippen molar-refractivity contribution in [1.29, 1.82) is 0 Å². The van der Waals surface area contributed by atoms with Gasteiger partial charge in [0.25, 0.3) is 6.43 Å². The van der Waals surface area contributed by atoms with Gasteiger partial charge in [0.1, 0.15) is 0 Å². The number of carbonyl (C=O) groups is 1. The van der Waals surface area contributed by atoms with E-state index in [9.17, 15) is 26.7 Å². The fourth-order valence-electron chi connectivity index (χ4n) is 1.72. The van der Waals surface area contributed by atoms with Gasteiger partial charge in [-0.2, -0.15) is 13.2 Å². The van der Waals surface area contributed by atoms with Crippen molar-refractivity contribution in [3.05, 3.63) is 28.6 Å². The minimum atomic E-state index is -5.01. The second kappa shape index (κ2) is 6.15. The molecule has 0 aliphatic heterocycles. The number of nitrogens with zero attached hydrogens (tertiary/aromatic N) is 1. The number of halogens is 5. The second-order valence-corrected chi connectivity index (χ2v) is 3.96. The summed E-state index contributed by atoms with van der Waals surface area (Å²) in [6.45, 7) is 2.83. The standard InChI is InChI=1S/C12H12F5NO2/c1-3-20-8(19)4-7-6(2)5-18-10(12(15,16)17)9(7)11(13)14/h5,11H,3-4H2,1-2H3. The highest BCUT2D eigenvalue weighted by Gasteiger charge is 2.39. The predicted octanol–water partition coefficient (Wildman–Crippen LogP) is 3.45. The molecule has 0 spiro atoms. The van der Waals surface area contributed by atoms with Gasteiger partial charge >= 0.3 is 12.1 Å². The molecule has 0 aliphatic rings. The van der Waals surface area contributed by atoms with E-state index in [1.165, 1.54) is 13.8 Å². The number of alkyl halides is 5. The van der Waals surface area contributed by atoms with Crippen LogP contribution in [-0.2, 0) is 22.1 Å². The first-order valence-electron chi connectivity index (χ1n) is 5.67. The van der Waals surface area contributed by atoms with Gasteiger partial charge in [-0.3, -0.25) is 9.78 Å². The average Bonchev–Trinajstić information content (AvgIpc) is 2.29. The van der Waals surface area contributed by atoms with E-state index in [4.69, 9.17) is 0 Å². The van der Waals surface area contributed by atoms with Crippen molar-refractivity contribution in [2.45, 2.75) is 32.9 Å². The molecule has 0 aromatic carbocycles. The van der Waals surface area contributed by atoms with Crippen LogP contribution in [0, 0.1) is 6.92 Å². The lowest BCUT2D eigenvalue weighted by Crippen LogP contribution is -2.18. The third kappa shape index (κ3) is 3.64. The van der Waals surface area contributed by atoms with Crippen molar-refractivity contribution in [3.8, 4) is 0 Å². The van der Waals surface area contributed by atoms with Gasteiger partial charge in [-0.25, -0.2) is 8.78 Å². The summed E-state index contributed by atoms with van der Waals surface area (Å²) >= 11 is 0. The Labute approximate surface area is 111 Å². The molecule has 0 fully saturated rings. The lowest BCUT2D eigenvalue weighted by atomic mass is 9.99. The van der Waals surface area contributed by atoms with E-state index in [-0.39, 0.29) is 17.7 Å². The molecule has 1 aromatic heterocycles. The normalized spacial score (nSPS) is 11.8. The molecule has 0 N–H and O–H groups in total. The summed E-state index contributed by atoms with van der Waals surface area (Å²) in [4.78, 5) is 14.4. The summed E-state index contributed by atoms with van der Waals surface area (Å²) in [5.74, 6) is -0.864. The maximum atomic E-state index is 12.9. The van der Waals surface area contributed by atoms with Crippen molar-refractivity contribution in [1.82, 2.24) is 4.98 Å². The Morgan fingerprint density at radius 2 is 2.00 bits per heavy atom. The third-order valence-electron chi connectivity index (χ3n) is 2.56. The van der Waals surface area contributed by atoms with Crippen LogP contribution < -0.4 is 0 Å². The second-order valence-electron chi connectivity index (χ2n) is 3.96. The summed E-state index contributed by atoms with van der Waals surface area (Å²) in [5.41, 5.74) is -3.23. The zero-order valence-corrected chi connectivity index (χ0v) is 10.7. The zero-order valence-electron chi connectivity index (χ0n) is 10.7. The van der Waals surface area contributed by atoms with Crippen LogP contribution in [0.1, 0.15) is 35.7 Å². The van der Waals surface area contributed by atoms with Gasteiger partial charge in [0, 0.05) is 6.20 Å². The lowest BCUT2D eigenvalue weighted by Gasteiger charge is -2.17. The summed E-state index contributed by atoms with van der Waals surface area (Å²) < 4.78 is 68.5. The largest absolute Gasteiger partial charge is 0.466 e. The van der Waals surface area contributed by atoms with E-state index < -0.39 is 36.2 Å². The average molecular weight is 297 g/mol. The summed E-state index contributed by atoms with van der Waals surface area (Å²) in [6.07, 6.45) is -8.22. The summed E-state index contributed by atoms with van der Waals surface area (Å²) in [7, 11) is 0. The Bertz CT molecular complexity index is 499. The molecule has 0 bridgehead atoms. The number of hydrogen-bond donors (Lipinski definition) is 0. The molecule has 3 nitrogen and oxygen atoms in total. The van der Waals surface area contributed by atoms with Gasteiger partial charge in [0.15, 0.2) is 5.69 Å². The molecular weight excluding hydrogens is 285 g/mol. The molecule has 0 unspecified atom stereocenters. The molecular formula is C12H12F5NO2. The molecule has 20 heavy (non-hydrogen) atoms. The first kappa shape index (κ1) is 16.3. The molecule has 8 heteroatoms. The molecule has 0 aliphatic carbocycles. The zero-order chi connectivity index (χ0) is 15.5. The molecule has 0 saturated heterocycles. The number of esters is 1. The summed E-state index contributed by atoms with van der Waals surface area (Å²) in [5, 5.41) is 0. The molecule has 1 rings (SSSR count). The van der Waals surface area contributed by atoms with Gasteiger partial charge in [0.05, 0.1) is 18.6 Å². The molecule has 0 amide bonds. The Balaban J connectivity index is 3.37. The minimum absolute atomic E-state index is 0.0130. The molecule has 0 atom stereocenters. The molecule has 0 saturated carbocycles. The van der Waals surface area contributed by atoms with E-state index >= 15 is 0 Å². The van der Waals surface area contributed by atoms with E-state index in [1.807, 2.05) is 0 Å². The van der Waals surface area contributed by atoms with E-state index in [1.54, 1.807) is 0 Å². The SMILES string of the molecule is CCOC(=O)Cc1c(C)cnc(C(F)(F)F)c1C(F)F. The lowest BCUT2D eigenvalue weighted by molar-refractivity contribution is -0.144. The van der Waals surface area contributed by atoms with Gasteiger partial charge in [-0.1, -0.05) is 0 Å². The molecule has 1 heterocycles. The number of ether oxygens (including phenoxy) is 1. The van der Waals surface area contributed by atoms with Crippen LogP contribution in [0.2, 0.25) is 0 Å². The van der Waals surface area contributed by atoms with Gasteiger partial charge in [0.2, 0.25) is 0 Å². The van der Waals surface area contributed by atoms with Crippen LogP contribution in [-0.4, -0.2) is 17.6 Å². The van der Waals surface area contributed by atoms with Crippen molar-refractivity contribution < 1.29 is 31.5 Å². The number of pyridine rings is 1. The monoisotopic (exact) mass is 297 g/mol. The highest BCUT2D eigenvalue weighted by atomic mass is 19.4. The highest BCUT2D eigenvalue weighted by Crippen LogP contribution is 2.37. The van der Waals surface area contributed by atoms with Crippen LogP contribution in [0.15, 0.2) is 6.20 Å². The van der Waals surface area contributed by atoms with E-state index in [0.29, 0.717) is 0 Å². The van der Waals surface area contributed by atoms with Crippen LogP contribution in [0.4, 0.5) is 22.0 Å². The fourth-order valence-corrected chi connectivity index (χ4v) is 1.72. The van der Waals surface area contributed by atoms with Crippen molar-refractivity contribution >= 4 is 5.97 Å². The van der Waals surface area contributed by atoms with Gasteiger partial charge in [-0.15, -0.1) is 0 Å². The third-order valence-corrected chi connectivity index (χ3v) is 2.56. The van der Waals surface area contributed by atoms with Gasteiger partial charge in [-0.05, 0) is 25.0 Å². The Morgan fingerprint density at radius 3 is 2.45 bits per heavy atom. The van der Waals surface area contributed by atoms with Gasteiger partial charge < -0.3 is 4.74 Å². The van der Waals surface area contributed by atoms with Crippen molar-refractivity contribution in [2.75, 3.05) is 6.61 Å². The first-order valence-corrected chi connectivity index (χ1v) is 5.67. The Kier molecular flexibility index (Phi) is 5.02. The molecule has 0 radical (unpaired) electrons. The Hall–Kier alpha value is -1.73. The van der Waals surface area contributed by atoms with E-state index in [0.717, 1.165) is 6.20 Å². The topological polar surface area (TPSA) is 39.2 Å². The number of carbonyl (C=O) groups excluding carboxylic acids is 1. The molecule has 1 aromatic rings. The first-order chi connectivity index (χ1) is 9.18. The van der Waals surface area contributed by atoms with Crippen LogP contribution in [0.25, 0.3) is 0 Å². The highest BCUT2D eigenvalue weighted by molar-refractivity contribution is 5.73. The van der Waals surface area contributed by atoms with E-state index in [2.05, 4.69) is 9.72 Å². The maximum Gasteiger partial charge on any atom is 0.433 e. The number of hydrogen-bond acceptors (Lipinski definition) is 3. The quantitative estimate of drug-likeness (QED) is 0.631. The Morgan fingerprint density at radius 1 is 1.40 bits per heavy atom. The van der Waals surface area contributed by atoms with Crippen LogP contribution >= 0.6 is 0 Å². The summed E-state index contributed by atoms with van der Waals surface area (Å²) in [6, 6.07) is 0. The van der Waals surface area contributed by atoms with Crippen LogP contribution in [0.3, 0.4) is 0 Å². The molecule has 112 valence electrons. The maximum absolute atomic E-state index is 12.9. The van der Waals surface area contributed by atoms with Crippen molar-refractivity contribution in [2.24, 2.45) is 0 Å². The predicted molar refractivity (Wildman–Crippen MR) is 59.3 cm³/mol. The van der Waals surface area contributed by atoms with Crippen LogP contribution in [0.5, 0.6) is 0 Å². The number of aromatic nitrogens is 1. The minimum Gasteiger partial charge on any atom is -0.466 e. The fraction of sp³-hybridized carbons (Fsp3) is 0.500. The number of aryl methyl sites for hydroxylation is 1. The smallest absolute Gasteiger partial charge is 0.433 e. The number of rotatable bonds is 4.